The first-order chi connectivity index (χ1) is 11.9. The SMILES string of the molecule is O=C1C(S(=O)(=O)c2ccc(-c3ccc(Cl)cc3)cc2)CCCCN1O. The second-order valence-electron chi connectivity index (χ2n) is 6.02. The van der Waals surface area contributed by atoms with E-state index >= 15 is 0 Å². The molecule has 1 fully saturated rings. The summed E-state index contributed by atoms with van der Waals surface area (Å²) in [5.74, 6) is -0.751. The lowest BCUT2D eigenvalue weighted by Gasteiger charge is -2.18. The number of hydroxylamine groups is 2. The van der Waals surface area contributed by atoms with Gasteiger partial charge in [-0.15, -0.1) is 0 Å². The molecule has 2 aromatic carbocycles. The van der Waals surface area contributed by atoms with Crippen molar-refractivity contribution >= 4 is 27.3 Å². The largest absolute Gasteiger partial charge is 0.286 e. The Morgan fingerprint density at radius 2 is 1.52 bits per heavy atom. The van der Waals surface area contributed by atoms with E-state index in [4.69, 9.17) is 11.6 Å². The number of rotatable bonds is 3. The fourth-order valence-corrected chi connectivity index (χ4v) is 4.76. The van der Waals surface area contributed by atoms with E-state index < -0.39 is 21.0 Å². The minimum atomic E-state index is -3.85. The van der Waals surface area contributed by atoms with Gasteiger partial charge in [0.1, 0.15) is 5.25 Å². The Bertz CT molecular complexity index is 863. The highest BCUT2D eigenvalue weighted by Crippen LogP contribution is 2.27. The fraction of sp³-hybridized carbons (Fsp3) is 0.278. The van der Waals surface area contributed by atoms with Crippen molar-refractivity contribution in [3.8, 4) is 11.1 Å². The van der Waals surface area contributed by atoms with Gasteiger partial charge in [0.2, 0.25) is 0 Å². The third kappa shape index (κ3) is 3.71. The molecule has 3 rings (SSSR count). The van der Waals surface area contributed by atoms with E-state index in [9.17, 15) is 18.4 Å². The third-order valence-electron chi connectivity index (χ3n) is 4.35. The van der Waals surface area contributed by atoms with Crippen LogP contribution in [0.4, 0.5) is 0 Å². The van der Waals surface area contributed by atoms with Gasteiger partial charge in [0.25, 0.3) is 5.91 Å². The van der Waals surface area contributed by atoms with Crippen molar-refractivity contribution in [3.05, 3.63) is 53.6 Å². The van der Waals surface area contributed by atoms with Crippen molar-refractivity contribution in [1.82, 2.24) is 5.06 Å². The molecule has 2 aromatic rings. The quantitative estimate of drug-likeness (QED) is 0.827. The Hall–Kier alpha value is -1.89. The highest BCUT2D eigenvalue weighted by molar-refractivity contribution is 7.92. The van der Waals surface area contributed by atoms with E-state index in [0.717, 1.165) is 11.1 Å². The van der Waals surface area contributed by atoms with E-state index in [1.54, 1.807) is 24.3 Å². The van der Waals surface area contributed by atoms with Gasteiger partial charge in [0.05, 0.1) is 4.90 Å². The predicted octanol–water partition coefficient (Wildman–Crippen LogP) is 3.55. The standard InChI is InChI=1S/C18H18ClNO4S/c19-15-8-4-13(5-9-15)14-6-10-16(11-7-14)25(23,24)17-3-1-2-12-20(22)18(17)21/h4-11,17,22H,1-3,12H2. The van der Waals surface area contributed by atoms with Crippen LogP contribution in [0.1, 0.15) is 19.3 Å². The molecule has 1 saturated heterocycles. The topological polar surface area (TPSA) is 74.7 Å². The van der Waals surface area contributed by atoms with E-state index in [2.05, 4.69) is 0 Å². The molecule has 25 heavy (non-hydrogen) atoms. The number of hydrogen-bond donors (Lipinski definition) is 1. The lowest BCUT2D eigenvalue weighted by atomic mass is 10.1. The first-order valence-electron chi connectivity index (χ1n) is 8.00. The highest BCUT2D eigenvalue weighted by Gasteiger charge is 2.37. The lowest BCUT2D eigenvalue weighted by Crippen LogP contribution is -2.39. The molecule has 0 radical (unpaired) electrons. The fourth-order valence-electron chi connectivity index (χ4n) is 2.92. The van der Waals surface area contributed by atoms with Crippen molar-refractivity contribution in [2.24, 2.45) is 0 Å². The molecule has 0 saturated carbocycles. The summed E-state index contributed by atoms with van der Waals surface area (Å²) in [6.45, 7) is 0.167. The highest BCUT2D eigenvalue weighted by atomic mass is 35.5. The normalized spacial score (nSPS) is 18.9. The Morgan fingerprint density at radius 1 is 0.960 bits per heavy atom. The summed E-state index contributed by atoms with van der Waals surface area (Å²) >= 11 is 5.87. The Labute approximate surface area is 151 Å². The Balaban J connectivity index is 1.90. The zero-order chi connectivity index (χ0) is 18.0. The number of hydrogen-bond acceptors (Lipinski definition) is 4. The Kier molecular flexibility index (Phi) is 5.13. The van der Waals surface area contributed by atoms with Gasteiger partial charge < -0.3 is 0 Å². The average Bonchev–Trinajstić information content (AvgIpc) is 2.78. The zero-order valence-corrected chi connectivity index (χ0v) is 15.0. The van der Waals surface area contributed by atoms with Crippen LogP contribution >= 0.6 is 11.6 Å². The van der Waals surface area contributed by atoms with Gasteiger partial charge in [0, 0.05) is 11.6 Å². The van der Waals surface area contributed by atoms with Crippen LogP contribution in [-0.4, -0.2) is 36.4 Å². The number of amides is 1. The maximum absolute atomic E-state index is 12.8. The number of halogens is 1. The van der Waals surface area contributed by atoms with Gasteiger partial charge in [-0.2, -0.15) is 0 Å². The van der Waals surface area contributed by atoms with Gasteiger partial charge in [0.15, 0.2) is 9.84 Å². The lowest BCUT2D eigenvalue weighted by molar-refractivity contribution is -0.163. The zero-order valence-electron chi connectivity index (χ0n) is 13.4. The maximum atomic E-state index is 12.8. The Morgan fingerprint density at radius 3 is 2.12 bits per heavy atom. The predicted molar refractivity (Wildman–Crippen MR) is 95.2 cm³/mol. The van der Waals surface area contributed by atoms with Gasteiger partial charge in [-0.05, 0) is 54.7 Å². The van der Waals surface area contributed by atoms with Crippen molar-refractivity contribution in [2.45, 2.75) is 29.4 Å². The summed E-state index contributed by atoms with van der Waals surface area (Å²) in [6, 6.07) is 13.6. The van der Waals surface area contributed by atoms with Crippen LogP contribution in [0, 0.1) is 0 Å². The molecule has 1 unspecified atom stereocenters. The summed E-state index contributed by atoms with van der Waals surface area (Å²) in [5, 5.41) is 9.58. The van der Waals surface area contributed by atoms with Crippen LogP contribution in [0.3, 0.4) is 0 Å². The second-order valence-corrected chi connectivity index (χ2v) is 8.59. The molecule has 132 valence electrons. The minimum absolute atomic E-state index is 0.0823. The van der Waals surface area contributed by atoms with Crippen molar-refractivity contribution < 1.29 is 18.4 Å². The second kappa shape index (κ2) is 7.15. The molecule has 0 aliphatic carbocycles. The van der Waals surface area contributed by atoms with Crippen LogP contribution in [0.5, 0.6) is 0 Å². The molecule has 1 amide bonds. The third-order valence-corrected chi connectivity index (χ3v) is 6.72. The van der Waals surface area contributed by atoms with E-state index in [-0.39, 0.29) is 17.9 Å². The summed E-state index contributed by atoms with van der Waals surface area (Å²) in [6.07, 6.45) is 1.39. The molecule has 5 nitrogen and oxygen atoms in total. The van der Waals surface area contributed by atoms with Crippen LogP contribution in [0.2, 0.25) is 5.02 Å². The van der Waals surface area contributed by atoms with Crippen molar-refractivity contribution in [2.75, 3.05) is 6.54 Å². The summed E-state index contributed by atoms with van der Waals surface area (Å²) in [5.41, 5.74) is 1.77. The molecule has 0 spiro atoms. The molecule has 1 heterocycles. The van der Waals surface area contributed by atoms with Gasteiger partial charge in [-0.3, -0.25) is 10.0 Å². The van der Waals surface area contributed by atoms with E-state index in [1.165, 1.54) is 12.1 Å². The van der Waals surface area contributed by atoms with Crippen LogP contribution in [0.25, 0.3) is 11.1 Å². The number of carbonyl (C=O) groups excluding carboxylic acids is 1. The van der Waals surface area contributed by atoms with Crippen LogP contribution in [0.15, 0.2) is 53.4 Å². The molecule has 0 aromatic heterocycles. The summed E-state index contributed by atoms with van der Waals surface area (Å²) in [7, 11) is -3.85. The smallest absolute Gasteiger partial charge is 0.264 e. The van der Waals surface area contributed by atoms with Crippen molar-refractivity contribution in [1.29, 1.82) is 0 Å². The maximum Gasteiger partial charge on any atom is 0.264 e. The monoisotopic (exact) mass is 379 g/mol. The van der Waals surface area contributed by atoms with Crippen molar-refractivity contribution in [3.63, 3.8) is 0 Å². The molecular formula is C18H18ClNO4S. The minimum Gasteiger partial charge on any atom is -0.286 e. The summed E-state index contributed by atoms with van der Waals surface area (Å²) in [4.78, 5) is 12.3. The molecule has 7 heteroatoms. The van der Waals surface area contributed by atoms with E-state index in [0.29, 0.717) is 22.9 Å². The molecule has 1 N–H and O–H groups in total. The van der Waals surface area contributed by atoms with Gasteiger partial charge >= 0.3 is 0 Å². The molecule has 1 aliphatic heterocycles. The number of carbonyl (C=O) groups is 1. The number of nitrogens with zero attached hydrogens (tertiary/aromatic N) is 1. The van der Waals surface area contributed by atoms with Crippen LogP contribution in [-0.2, 0) is 14.6 Å². The molecule has 1 atom stereocenters. The molecule has 0 bridgehead atoms. The van der Waals surface area contributed by atoms with Gasteiger partial charge in [-0.25, -0.2) is 13.5 Å². The summed E-state index contributed by atoms with van der Waals surface area (Å²) < 4.78 is 25.6. The molecule has 1 aliphatic rings. The van der Waals surface area contributed by atoms with Crippen LogP contribution < -0.4 is 0 Å². The van der Waals surface area contributed by atoms with E-state index in [1.807, 2.05) is 12.1 Å². The van der Waals surface area contributed by atoms with Gasteiger partial charge in [-0.1, -0.05) is 35.9 Å². The average molecular weight is 380 g/mol. The number of sulfone groups is 1. The molecular weight excluding hydrogens is 362 g/mol. The number of benzene rings is 2. The first kappa shape index (κ1) is 17.9. The first-order valence-corrected chi connectivity index (χ1v) is 9.92.